The van der Waals surface area contributed by atoms with Crippen LogP contribution < -0.4 is 4.74 Å². The van der Waals surface area contributed by atoms with Gasteiger partial charge in [0.15, 0.2) is 46.2 Å². The molecule has 0 aliphatic heterocycles. The number of ether oxygens (including phenoxy) is 1. The van der Waals surface area contributed by atoms with Crippen molar-refractivity contribution < 1.29 is 61.8 Å². The maximum Gasteiger partial charge on any atom is 0.196 e. The molecule has 0 saturated heterocycles. The van der Waals surface area contributed by atoms with E-state index in [2.05, 4.69) is 164 Å². The molecular formula is C114H104Br7N3O13. The Balaban J connectivity index is 0.000000182. The van der Waals surface area contributed by atoms with Crippen LogP contribution in [0.2, 0.25) is 0 Å². The molecule has 0 radical (unpaired) electrons. The van der Waals surface area contributed by atoms with Crippen LogP contribution in [0.3, 0.4) is 0 Å². The molecule has 1 unspecified atom stereocenters. The Morgan fingerprint density at radius 2 is 0.730 bits per heavy atom. The molecule has 0 bridgehead atoms. The minimum Gasteiger partial charge on any atom is -0.508 e. The molecule has 16 nitrogen and oxygen atoms in total. The van der Waals surface area contributed by atoms with E-state index in [0.29, 0.717) is 54.7 Å². The molecule has 0 aliphatic carbocycles. The van der Waals surface area contributed by atoms with Crippen molar-refractivity contribution >= 4 is 164 Å². The van der Waals surface area contributed by atoms with E-state index in [1.807, 2.05) is 230 Å². The molecule has 23 heteroatoms. The number of hydrogen-bond donors (Lipinski definition) is 1. The Kier molecular flexibility index (Phi) is 43.5. The van der Waals surface area contributed by atoms with Gasteiger partial charge in [0.25, 0.3) is 0 Å². The van der Waals surface area contributed by atoms with Crippen molar-refractivity contribution in [1.82, 2.24) is 15.5 Å². The monoisotopic (exact) mass is 2280 g/mol. The quantitative estimate of drug-likeness (QED) is 0.0157. The first-order valence-corrected chi connectivity index (χ1v) is 49.3. The number of ketones is 8. The largest absolute Gasteiger partial charge is 0.508 e. The number of halogens is 7. The van der Waals surface area contributed by atoms with Crippen molar-refractivity contribution in [2.75, 3.05) is 6.61 Å². The lowest BCUT2D eigenvalue weighted by Gasteiger charge is -2.14. The third-order valence-electron chi connectivity index (χ3n) is 21.8. The van der Waals surface area contributed by atoms with Gasteiger partial charge >= 0.3 is 0 Å². The molecule has 3 heterocycles. The van der Waals surface area contributed by atoms with Gasteiger partial charge in [0.2, 0.25) is 0 Å². The lowest BCUT2D eigenvalue weighted by Crippen LogP contribution is -2.24. The van der Waals surface area contributed by atoms with Crippen LogP contribution >= 0.6 is 112 Å². The fraction of sp³-hybridized carbons (Fsp3) is 0.184. The van der Waals surface area contributed by atoms with Crippen LogP contribution in [0.15, 0.2) is 353 Å². The summed E-state index contributed by atoms with van der Waals surface area (Å²) in [7, 11) is 0. The molecule has 702 valence electrons. The summed E-state index contributed by atoms with van der Waals surface area (Å²) < 4.78 is 29.6. The summed E-state index contributed by atoms with van der Waals surface area (Å²) in [6, 6.07) is 91.8. The van der Waals surface area contributed by atoms with E-state index in [1.165, 1.54) is 31.9 Å². The van der Waals surface area contributed by atoms with E-state index in [0.717, 1.165) is 162 Å². The number of carbonyl (C=O) groups is 8. The number of allylic oxidation sites excluding steroid dienone is 2. The van der Waals surface area contributed by atoms with Crippen molar-refractivity contribution in [1.29, 1.82) is 0 Å². The van der Waals surface area contributed by atoms with Crippen molar-refractivity contribution in [2.45, 2.75) is 128 Å². The fourth-order valence-corrected chi connectivity index (χ4v) is 15.6. The highest BCUT2D eigenvalue weighted by Gasteiger charge is 2.27. The third-order valence-corrected chi connectivity index (χ3v) is 25.5. The van der Waals surface area contributed by atoms with E-state index in [-0.39, 0.29) is 58.3 Å². The summed E-state index contributed by atoms with van der Waals surface area (Å²) in [5.74, 6) is 2.32. The molecule has 0 aliphatic rings. The Morgan fingerprint density at radius 1 is 0.372 bits per heavy atom. The topological polar surface area (TPSA) is 244 Å². The normalized spacial score (nSPS) is 11.0. The molecule has 15 rings (SSSR count). The van der Waals surface area contributed by atoms with Crippen molar-refractivity contribution in [3.8, 4) is 45.5 Å². The molecule has 0 spiro atoms. The van der Waals surface area contributed by atoms with Crippen LogP contribution in [0.5, 0.6) is 11.5 Å². The number of hydrogen-bond acceptors (Lipinski definition) is 16. The molecule has 15 aromatic rings. The predicted octanol–water partition coefficient (Wildman–Crippen LogP) is 31.0. The summed E-state index contributed by atoms with van der Waals surface area (Å²) in [5, 5.41) is 22.4. The second-order valence-electron chi connectivity index (χ2n) is 32.3. The lowest BCUT2D eigenvalue weighted by atomic mass is 9.87. The molecular weight excluding hydrogens is 2180 g/mol. The first-order chi connectivity index (χ1) is 65.5. The van der Waals surface area contributed by atoms with Gasteiger partial charge in [0.05, 0.1) is 35.0 Å². The average Bonchev–Trinajstić information content (AvgIpc) is 1.68. The Hall–Kier alpha value is -11.9. The zero-order valence-corrected chi connectivity index (χ0v) is 89.0. The number of nitrogens with zero attached hydrogens (tertiary/aromatic N) is 3. The number of para-hydroxylation sites is 2. The van der Waals surface area contributed by atoms with Gasteiger partial charge < -0.3 is 28.2 Å². The second-order valence-corrected chi connectivity index (χ2v) is 38.8. The van der Waals surface area contributed by atoms with Gasteiger partial charge in [-0.15, -0.1) is 0 Å². The number of aryl methyl sites for hydroxylation is 6. The van der Waals surface area contributed by atoms with Crippen molar-refractivity contribution in [2.24, 2.45) is 5.92 Å². The van der Waals surface area contributed by atoms with Gasteiger partial charge in [-0.25, -0.2) is 0 Å². The number of aromatic hydroxyl groups is 1. The standard InChI is InChI=1S/C25H26BrNO3.C18H16BrNO.C18H17BrO2.C18H15BrO2.C17H14BrNO2.C10H9BrO2.C8H7BrO/c1-17(8-9-18(2)28)14-15-29-24-7-5-4-6-21(24)16-23-19(3)27-30-25(23)20-10-12-22(26)13-11-20;1-12-5-3-4-6-15(12)11-17-13(2)20-21-18(17)14-7-9-16(19)10-8-14;2*1-12-5-3-4-6-15(12)11-17(13(2)20)18(21)14-7-9-16(19)10-8-14;1-11-15(10-13-4-2-3-5-16(13)20)17(21-19-11)12-6-8-14(18)9-7-12;1-7(12)6-10(13)8-2-4-9(11)5-3-8;1-6(10)7-2-4-8(9)5-3-7/h4-7,10-14H,8-9,15-16H2,1-3H3;3-10H,11H2,1-2H3;3-10,17H,11H2,1-2H3;3-11H,1-2H3;2-9,20H,10H2,1H3;2-5H,6H2,1H3;2-5H,1H3/b17-14+;;;17-11+;;;. The maximum atomic E-state index is 12.6. The molecule has 0 amide bonds. The van der Waals surface area contributed by atoms with E-state index in [4.69, 9.17) is 18.3 Å². The van der Waals surface area contributed by atoms with E-state index in [1.54, 1.807) is 98.8 Å². The number of aromatic nitrogens is 3. The molecule has 137 heavy (non-hydrogen) atoms. The zero-order valence-electron chi connectivity index (χ0n) is 77.9. The summed E-state index contributed by atoms with van der Waals surface area (Å²) in [6.07, 6.45) is 7.60. The van der Waals surface area contributed by atoms with Crippen LogP contribution in [-0.4, -0.2) is 73.4 Å². The highest BCUT2D eigenvalue weighted by Crippen LogP contribution is 2.36. The van der Waals surface area contributed by atoms with Crippen molar-refractivity contribution in [3.05, 3.63) is 440 Å². The van der Waals surface area contributed by atoms with Gasteiger partial charge in [0.1, 0.15) is 35.5 Å². The minimum atomic E-state index is -0.618. The number of phenolic OH excluding ortho intramolecular Hbond substituents is 1. The summed E-state index contributed by atoms with van der Waals surface area (Å²) >= 11 is 23.6. The fourth-order valence-electron chi connectivity index (χ4n) is 13.8. The average molecular weight is 2280 g/mol. The van der Waals surface area contributed by atoms with Gasteiger partial charge in [-0.1, -0.05) is 315 Å². The molecule has 1 atom stereocenters. The summed E-state index contributed by atoms with van der Waals surface area (Å²) in [5.41, 5.74) is 21.3. The Labute approximate surface area is 859 Å². The van der Waals surface area contributed by atoms with Crippen LogP contribution in [0.4, 0.5) is 0 Å². The molecule has 0 fully saturated rings. The Morgan fingerprint density at radius 3 is 1.13 bits per heavy atom. The Bertz CT molecular complexity index is 6570. The number of Topliss-reactive ketones (excluding diaryl/α,β-unsaturated/α-hetero) is 8. The molecule has 3 aromatic heterocycles. The summed E-state index contributed by atoms with van der Waals surface area (Å²) in [6.45, 7) is 22.0. The molecule has 0 saturated carbocycles. The first kappa shape index (κ1) is 109. The second kappa shape index (κ2) is 54.9. The highest BCUT2D eigenvalue weighted by molar-refractivity contribution is 9.11. The molecule has 12 aromatic carbocycles. The van der Waals surface area contributed by atoms with Crippen molar-refractivity contribution in [3.63, 3.8) is 0 Å². The number of rotatable bonds is 28. The lowest BCUT2D eigenvalue weighted by molar-refractivity contribution is -0.119. The highest BCUT2D eigenvalue weighted by atomic mass is 79.9. The summed E-state index contributed by atoms with van der Waals surface area (Å²) in [4.78, 5) is 92.7. The number of phenols is 1. The van der Waals surface area contributed by atoms with E-state index in [9.17, 15) is 43.5 Å². The third kappa shape index (κ3) is 34.6. The number of carbonyl (C=O) groups excluding carboxylic acids is 8. The SMILES string of the molecule is CC(=O)/C(=C\c1ccccc1C)C(=O)c1ccc(Br)cc1.CC(=O)C(Cc1ccccc1C)C(=O)c1ccc(Br)cc1.CC(=O)CC(=O)c1ccc(Br)cc1.CC(=O)CC/C(C)=C/COc1ccccc1Cc1c(C)noc1-c1ccc(Br)cc1.CC(=O)c1ccc(Br)cc1.Cc1ccccc1Cc1c(C)noc1-c1ccc(Br)cc1.Cc1noc(-c2ccc(Br)cc2)c1Cc1ccccc1O. The van der Waals surface area contributed by atoms with Crippen LogP contribution in [0.1, 0.15) is 181 Å². The van der Waals surface area contributed by atoms with E-state index >= 15 is 0 Å². The van der Waals surface area contributed by atoms with Gasteiger partial charge in [-0.3, -0.25) is 33.6 Å². The predicted molar refractivity (Wildman–Crippen MR) is 570 cm³/mol. The van der Waals surface area contributed by atoms with Crippen LogP contribution in [0.25, 0.3) is 40.0 Å². The van der Waals surface area contributed by atoms with Gasteiger partial charge in [-0.05, 0) is 262 Å². The van der Waals surface area contributed by atoms with Crippen LogP contribution in [0, 0.1) is 47.5 Å². The van der Waals surface area contributed by atoms with Gasteiger partial charge in [-0.2, -0.15) is 0 Å². The van der Waals surface area contributed by atoms with E-state index < -0.39 is 5.92 Å². The minimum absolute atomic E-state index is 0.0123. The first-order valence-electron chi connectivity index (χ1n) is 43.8. The van der Waals surface area contributed by atoms with Crippen LogP contribution in [-0.2, 0) is 44.9 Å². The number of benzene rings is 12. The molecule has 1 N–H and O–H groups in total. The zero-order chi connectivity index (χ0) is 99.4. The van der Waals surface area contributed by atoms with Gasteiger partial charge in [0, 0.05) is 113 Å². The smallest absolute Gasteiger partial charge is 0.196 e. The maximum absolute atomic E-state index is 12.6.